The molecule has 0 aliphatic carbocycles. The number of hydrogen-bond donors (Lipinski definition) is 1. The normalized spacial score (nSPS) is 11.3. The Morgan fingerprint density at radius 3 is 2.20 bits per heavy atom. The lowest BCUT2D eigenvalue weighted by molar-refractivity contribution is 0.601. The summed E-state index contributed by atoms with van der Waals surface area (Å²) in [5.74, 6) is 0. The molecule has 0 radical (unpaired) electrons. The zero-order valence-electron chi connectivity index (χ0n) is 14.4. The molecule has 0 aliphatic heterocycles. The number of benzene rings is 2. The van der Waals surface area contributed by atoms with E-state index in [-0.39, 0.29) is 4.90 Å². The number of sulfonamides is 1. The van der Waals surface area contributed by atoms with E-state index in [1.165, 1.54) is 0 Å². The fourth-order valence-electron chi connectivity index (χ4n) is 2.71. The van der Waals surface area contributed by atoms with E-state index in [1.54, 1.807) is 36.5 Å². The van der Waals surface area contributed by atoms with E-state index < -0.39 is 10.0 Å². The van der Waals surface area contributed by atoms with Crippen molar-refractivity contribution >= 4 is 15.7 Å². The number of nitrogens with zero attached hydrogens (tertiary/aromatic N) is 1. The Hall–Kier alpha value is -2.66. The standard InChI is InChI=1S/C20H20N2O2S/c1-14-4-7-18(8-5-14)25(23,24)22-17-6-9-19(16(3)12-17)20-13-21-11-10-15(20)2/h4-13,22H,1-3H3. The van der Waals surface area contributed by atoms with Crippen molar-refractivity contribution in [3.63, 3.8) is 0 Å². The fourth-order valence-corrected chi connectivity index (χ4v) is 3.76. The van der Waals surface area contributed by atoms with Crippen molar-refractivity contribution in [2.75, 3.05) is 4.72 Å². The summed E-state index contributed by atoms with van der Waals surface area (Å²) in [6.45, 7) is 5.92. The smallest absolute Gasteiger partial charge is 0.261 e. The van der Waals surface area contributed by atoms with Gasteiger partial charge in [-0.2, -0.15) is 0 Å². The molecule has 128 valence electrons. The molecule has 0 fully saturated rings. The van der Waals surface area contributed by atoms with Crippen LogP contribution in [0.25, 0.3) is 11.1 Å². The van der Waals surface area contributed by atoms with E-state index in [9.17, 15) is 8.42 Å². The molecular weight excluding hydrogens is 332 g/mol. The lowest BCUT2D eigenvalue weighted by Crippen LogP contribution is -2.13. The lowest BCUT2D eigenvalue weighted by atomic mass is 9.98. The third kappa shape index (κ3) is 3.72. The number of nitrogens with one attached hydrogen (secondary N) is 1. The summed E-state index contributed by atoms with van der Waals surface area (Å²) < 4.78 is 27.7. The van der Waals surface area contributed by atoms with Crippen LogP contribution in [0.15, 0.2) is 65.8 Å². The van der Waals surface area contributed by atoms with Gasteiger partial charge in [-0.25, -0.2) is 8.42 Å². The van der Waals surface area contributed by atoms with Gasteiger partial charge in [0.2, 0.25) is 0 Å². The first-order valence-corrected chi connectivity index (χ1v) is 9.46. The molecule has 4 nitrogen and oxygen atoms in total. The molecule has 1 N–H and O–H groups in total. The number of aromatic nitrogens is 1. The Morgan fingerprint density at radius 1 is 0.840 bits per heavy atom. The van der Waals surface area contributed by atoms with Crippen molar-refractivity contribution in [2.45, 2.75) is 25.7 Å². The number of pyridine rings is 1. The van der Waals surface area contributed by atoms with Crippen LogP contribution < -0.4 is 4.72 Å². The minimum absolute atomic E-state index is 0.253. The van der Waals surface area contributed by atoms with Crippen molar-refractivity contribution < 1.29 is 8.42 Å². The van der Waals surface area contributed by atoms with Crippen LogP contribution in [-0.2, 0) is 10.0 Å². The second kappa shape index (κ2) is 6.69. The largest absolute Gasteiger partial charge is 0.280 e. The third-order valence-electron chi connectivity index (χ3n) is 4.14. The molecule has 3 rings (SSSR count). The second-order valence-corrected chi connectivity index (χ2v) is 7.82. The zero-order valence-corrected chi connectivity index (χ0v) is 15.3. The monoisotopic (exact) mass is 352 g/mol. The molecule has 0 aliphatic rings. The van der Waals surface area contributed by atoms with Crippen molar-refractivity contribution in [3.8, 4) is 11.1 Å². The highest BCUT2D eigenvalue weighted by molar-refractivity contribution is 7.92. The van der Waals surface area contributed by atoms with Crippen molar-refractivity contribution in [2.24, 2.45) is 0 Å². The fraction of sp³-hybridized carbons (Fsp3) is 0.150. The van der Waals surface area contributed by atoms with Gasteiger partial charge in [-0.3, -0.25) is 9.71 Å². The maximum Gasteiger partial charge on any atom is 0.261 e. The van der Waals surface area contributed by atoms with E-state index in [2.05, 4.69) is 9.71 Å². The molecule has 25 heavy (non-hydrogen) atoms. The van der Waals surface area contributed by atoms with Gasteiger partial charge in [0.15, 0.2) is 0 Å². The average Bonchev–Trinajstić information content (AvgIpc) is 2.56. The van der Waals surface area contributed by atoms with E-state index in [0.717, 1.165) is 27.8 Å². The number of aryl methyl sites for hydroxylation is 3. The van der Waals surface area contributed by atoms with Crippen molar-refractivity contribution in [1.82, 2.24) is 4.98 Å². The summed E-state index contributed by atoms with van der Waals surface area (Å²) in [5, 5.41) is 0. The number of hydrogen-bond acceptors (Lipinski definition) is 3. The SMILES string of the molecule is Cc1ccc(S(=O)(=O)Nc2ccc(-c3cnccc3C)c(C)c2)cc1. The molecule has 5 heteroatoms. The maximum absolute atomic E-state index is 12.5. The van der Waals surface area contributed by atoms with Crippen LogP contribution in [0.4, 0.5) is 5.69 Å². The first-order chi connectivity index (χ1) is 11.9. The van der Waals surface area contributed by atoms with Gasteiger partial charge in [0.05, 0.1) is 4.90 Å². The van der Waals surface area contributed by atoms with Crippen molar-refractivity contribution in [1.29, 1.82) is 0 Å². The first-order valence-electron chi connectivity index (χ1n) is 7.98. The molecule has 1 heterocycles. The summed E-state index contributed by atoms with van der Waals surface area (Å²) in [7, 11) is -3.59. The van der Waals surface area contributed by atoms with Crippen molar-refractivity contribution in [3.05, 3.63) is 77.6 Å². The molecule has 0 bridgehead atoms. The summed E-state index contributed by atoms with van der Waals surface area (Å²) in [6, 6.07) is 14.3. The number of anilines is 1. The number of rotatable bonds is 4. The van der Waals surface area contributed by atoms with E-state index in [4.69, 9.17) is 0 Å². The van der Waals surface area contributed by atoms with Crippen LogP contribution in [-0.4, -0.2) is 13.4 Å². The van der Waals surface area contributed by atoms with E-state index in [1.807, 2.05) is 45.2 Å². The van der Waals surface area contributed by atoms with E-state index >= 15 is 0 Å². The molecule has 0 atom stereocenters. The average molecular weight is 352 g/mol. The van der Waals surface area contributed by atoms with Gasteiger partial charge in [0.1, 0.15) is 0 Å². The molecule has 2 aromatic carbocycles. The Bertz CT molecular complexity index is 1010. The van der Waals surface area contributed by atoms with Crippen LogP contribution in [0.1, 0.15) is 16.7 Å². The summed E-state index contributed by atoms with van der Waals surface area (Å²) in [5.41, 5.74) is 5.78. The molecule has 0 unspecified atom stereocenters. The Balaban J connectivity index is 1.91. The quantitative estimate of drug-likeness (QED) is 0.753. The van der Waals surface area contributed by atoms with Gasteiger partial charge in [0.25, 0.3) is 10.0 Å². The second-order valence-electron chi connectivity index (χ2n) is 6.14. The predicted molar refractivity (Wildman–Crippen MR) is 101 cm³/mol. The van der Waals surface area contributed by atoms with E-state index in [0.29, 0.717) is 5.69 Å². The molecular formula is C20H20N2O2S. The highest BCUT2D eigenvalue weighted by Crippen LogP contribution is 2.28. The van der Waals surface area contributed by atoms with Crippen LogP contribution in [0.2, 0.25) is 0 Å². The van der Waals surface area contributed by atoms with Crippen LogP contribution >= 0.6 is 0 Å². The van der Waals surface area contributed by atoms with Gasteiger partial charge in [0, 0.05) is 23.6 Å². The van der Waals surface area contributed by atoms with Crippen LogP contribution in [0.5, 0.6) is 0 Å². The minimum atomic E-state index is -3.59. The predicted octanol–water partition coefficient (Wildman–Crippen LogP) is 4.47. The lowest BCUT2D eigenvalue weighted by Gasteiger charge is -2.13. The van der Waals surface area contributed by atoms with Gasteiger partial charge in [-0.15, -0.1) is 0 Å². The van der Waals surface area contributed by atoms with Gasteiger partial charge in [-0.1, -0.05) is 23.8 Å². The maximum atomic E-state index is 12.5. The minimum Gasteiger partial charge on any atom is -0.280 e. The highest BCUT2D eigenvalue weighted by Gasteiger charge is 2.14. The van der Waals surface area contributed by atoms with Gasteiger partial charge >= 0.3 is 0 Å². The molecule has 3 aromatic rings. The molecule has 0 saturated heterocycles. The molecule has 0 spiro atoms. The van der Waals surface area contributed by atoms with Crippen LogP contribution in [0, 0.1) is 20.8 Å². The summed E-state index contributed by atoms with van der Waals surface area (Å²) in [4.78, 5) is 4.43. The Morgan fingerprint density at radius 2 is 1.56 bits per heavy atom. The summed E-state index contributed by atoms with van der Waals surface area (Å²) in [6.07, 6.45) is 3.59. The van der Waals surface area contributed by atoms with Gasteiger partial charge in [-0.05, 0) is 67.8 Å². The Labute approximate surface area is 148 Å². The summed E-state index contributed by atoms with van der Waals surface area (Å²) >= 11 is 0. The molecule has 0 saturated carbocycles. The third-order valence-corrected chi connectivity index (χ3v) is 5.54. The highest BCUT2D eigenvalue weighted by atomic mass is 32.2. The topological polar surface area (TPSA) is 59.1 Å². The molecule has 1 aromatic heterocycles. The first kappa shape index (κ1) is 17.2. The van der Waals surface area contributed by atoms with Crippen LogP contribution in [0.3, 0.4) is 0 Å². The zero-order chi connectivity index (χ0) is 18.0. The van der Waals surface area contributed by atoms with Gasteiger partial charge < -0.3 is 0 Å². The molecule has 0 amide bonds. The Kier molecular flexibility index (Phi) is 4.59.